The van der Waals surface area contributed by atoms with Crippen molar-refractivity contribution < 1.29 is 24.4 Å². The highest BCUT2D eigenvalue weighted by atomic mass is 79.9. The highest BCUT2D eigenvalue weighted by Crippen LogP contribution is 2.62. The fourth-order valence-electron chi connectivity index (χ4n) is 8.01. The van der Waals surface area contributed by atoms with Crippen LogP contribution < -0.4 is 20.7 Å². The van der Waals surface area contributed by atoms with Gasteiger partial charge in [-0.2, -0.15) is 0 Å². The summed E-state index contributed by atoms with van der Waals surface area (Å²) < 4.78 is 19.6. The number of hydrogen-bond donors (Lipinski definition) is 3. The molecule has 0 radical (unpaired) electrons. The zero-order valence-corrected chi connectivity index (χ0v) is 32.1. The second kappa shape index (κ2) is 13.7. The van der Waals surface area contributed by atoms with Gasteiger partial charge in [-0.05, 0) is 53.3 Å². The van der Waals surface area contributed by atoms with Crippen LogP contribution in [0.1, 0.15) is 43.0 Å². The van der Waals surface area contributed by atoms with E-state index in [0.29, 0.717) is 17.1 Å². The minimum Gasteiger partial charge on any atom is -0.497 e. The molecule has 9 nitrogen and oxygen atoms in total. The van der Waals surface area contributed by atoms with Crippen molar-refractivity contribution in [2.45, 2.75) is 75.3 Å². The third kappa shape index (κ3) is 5.83. The molecule has 1 saturated heterocycles. The Bertz CT molecular complexity index is 1820. The first-order chi connectivity index (χ1) is 23.1. The summed E-state index contributed by atoms with van der Waals surface area (Å²) in [4.78, 5) is 28.7. The number of nitrogens with one attached hydrogen (secondary N) is 1. The van der Waals surface area contributed by atoms with Crippen LogP contribution in [-0.2, 0) is 15.9 Å². The van der Waals surface area contributed by atoms with Crippen molar-refractivity contribution in [2.24, 2.45) is 5.41 Å². The van der Waals surface area contributed by atoms with E-state index in [2.05, 4.69) is 34.0 Å². The van der Waals surface area contributed by atoms with E-state index >= 15 is 0 Å². The molecule has 3 aromatic carbocycles. The summed E-state index contributed by atoms with van der Waals surface area (Å²) in [6.45, 7) is 11.7. The van der Waals surface area contributed by atoms with Gasteiger partial charge in [-0.1, -0.05) is 104 Å². The largest absolute Gasteiger partial charge is 0.497 e. The minimum absolute atomic E-state index is 0.117. The number of nitrogens with zero attached hydrogens (tertiary/aromatic N) is 1. The molecule has 0 spiro atoms. The van der Waals surface area contributed by atoms with E-state index in [1.54, 1.807) is 21.1 Å². The van der Waals surface area contributed by atoms with E-state index in [0.717, 1.165) is 16.7 Å². The van der Waals surface area contributed by atoms with Gasteiger partial charge < -0.3 is 24.4 Å². The molecular weight excluding hydrogens is 704 g/mol. The molecule has 49 heavy (non-hydrogen) atoms. The molecule has 3 N–H and O–H groups in total. The van der Waals surface area contributed by atoms with Crippen molar-refractivity contribution in [1.82, 2.24) is 9.55 Å². The second-order valence-electron chi connectivity index (χ2n) is 14.3. The third-order valence-corrected chi connectivity index (χ3v) is 13.5. The van der Waals surface area contributed by atoms with Gasteiger partial charge in [-0.3, -0.25) is 14.3 Å². The third-order valence-electron chi connectivity index (χ3n) is 10.4. The van der Waals surface area contributed by atoms with Crippen molar-refractivity contribution in [2.75, 3.05) is 19.5 Å². The Balaban J connectivity index is 1.91. The normalized spacial score (nSPS) is 23.4. The van der Waals surface area contributed by atoms with Crippen LogP contribution in [0.5, 0.6) is 11.5 Å². The Hall–Kier alpha value is -3.48. The first-order valence-electron chi connectivity index (χ1n) is 16.4. The maximum absolute atomic E-state index is 13.7. The van der Waals surface area contributed by atoms with Crippen molar-refractivity contribution >= 4 is 24.7 Å². The van der Waals surface area contributed by atoms with E-state index in [-0.39, 0.29) is 5.33 Å². The summed E-state index contributed by atoms with van der Waals surface area (Å²) in [5, 5.41) is 27.0. The topological polar surface area (TPSA) is 123 Å². The molecule has 4 aromatic rings. The van der Waals surface area contributed by atoms with Gasteiger partial charge in [0.15, 0.2) is 5.72 Å². The van der Waals surface area contributed by atoms with Crippen LogP contribution in [0.25, 0.3) is 0 Å². The summed E-state index contributed by atoms with van der Waals surface area (Å²) in [5.41, 5.74) is -4.47. The molecular formula is C38H47BrN2O7Si. The van der Waals surface area contributed by atoms with Gasteiger partial charge in [0, 0.05) is 26.1 Å². The average Bonchev–Trinajstić information content (AvgIpc) is 3.38. The summed E-state index contributed by atoms with van der Waals surface area (Å²) in [5.74, 6) is 1.30. The first-order valence-corrected chi connectivity index (χ1v) is 20.5. The lowest BCUT2D eigenvalue weighted by atomic mass is 9.60. The number of hydrogen-bond acceptors (Lipinski definition) is 7. The zero-order chi connectivity index (χ0) is 35.9. The Labute approximate surface area is 297 Å². The molecule has 1 aliphatic rings. The predicted molar refractivity (Wildman–Crippen MR) is 198 cm³/mol. The van der Waals surface area contributed by atoms with Crippen LogP contribution in [0.2, 0.25) is 18.6 Å². The van der Waals surface area contributed by atoms with Crippen LogP contribution in [0, 0.1) is 12.3 Å². The van der Waals surface area contributed by atoms with E-state index in [9.17, 15) is 19.8 Å². The Morgan fingerprint density at radius 1 is 0.918 bits per heavy atom. The number of alkyl halides is 1. The summed E-state index contributed by atoms with van der Waals surface area (Å²) >= 11 is 3.69. The Morgan fingerprint density at radius 3 is 1.84 bits per heavy atom. The van der Waals surface area contributed by atoms with Crippen LogP contribution in [0.3, 0.4) is 0 Å². The van der Waals surface area contributed by atoms with E-state index in [1.165, 1.54) is 10.8 Å². The van der Waals surface area contributed by atoms with Crippen molar-refractivity contribution in [3.63, 3.8) is 0 Å². The van der Waals surface area contributed by atoms with Crippen LogP contribution >= 0.6 is 15.9 Å². The number of halogens is 1. The van der Waals surface area contributed by atoms with E-state index < -0.39 is 60.0 Å². The molecule has 1 aromatic heterocycles. The van der Waals surface area contributed by atoms with Crippen LogP contribution in [0.4, 0.5) is 0 Å². The molecule has 5 rings (SSSR count). The maximum Gasteiger partial charge on any atom is 0.330 e. The highest BCUT2D eigenvalue weighted by molar-refractivity contribution is 9.09. The summed E-state index contributed by atoms with van der Waals surface area (Å²) in [6.07, 6.45) is -1.16. The molecule has 1 fully saturated rings. The number of aromatic amines is 1. The smallest absolute Gasteiger partial charge is 0.330 e. The van der Waals surface area contributed by atoms with Gasteiger partial charge in [0.25, 0.3) is 5.56 Å². The van der Waals surface area contributed by atoms with E-state index in [1.807, 2.05) is 99.6 Å². The average molecular weight is 752 g/mol. The first kappa shape index (κ1) is 36.8. The van der Waals surface area contributed by atoms with Crippen molar-refractivity contribution in [3.8, 4) is 11.5 Å². The lowest BCUT2D eigenvalue weighted by Crippen LogP contribution is -2.63. The molecule has 262 valence electrons. The quantitative estimate of drug-likeness (QED) is 0.114. The summed E-state index contributed by atoms with van der Waals surface area (Å²) in [6, 6.07) is 24.8. The fraction of sp³-hybridized carbons (Fsp3) is 0.421. The molecule has 2 unspecified atom stereocenters. The minimum atomic E-state index is -1.99. The molecule has 0 bridgehead atoms. The lowest BCUT2D eigenvalue weighted by Gasteiger charge is -2.51. The van der Waals surface area contributed by atoms with Crippen molar-refractivity contribution in [3.05, 3.63) is 128 Å². The Kier molecular flexibility index (Phi) is 10.3. The fourth-order valence-corrected chi connectivity index (χ4v) is 12.2. The van der Waals surface area contributed by atoms with Crippen LogP contribution in [-0.4, -0.2) is 65.9 Å². The van der Waals surface area contributed by atoms with Gasteiger partial charge in [-0.15, -0.1) is 0 Å². The molecule has 1 aliphatic heterocycles. The lowest BCUT2D eigenvalue weighted by molar-refractivity contribution is -0.177. The standard InChI is InChI=1S/C38H47BrN2O7Si/c1-24-22-41(34(44)40-32(24)43)36(23-39)33(49(7)8)38(45,35(2,3)4)31(48-36)30(42)37(25-12-10-9-11-13-25,26-14-18-28(46-5)19-15-26)27-16-20-29(47-6)21-17-27/h9-22,30-31,33,42,45,49H,23H2,1-8H3,(H,40,43,44)/t30?,31-,33?,36-,38-/m1/s1. The van der Waals surface area contributed by atoms with Gasteiger partial charge in [0.05, 0.1) is 25.0 Å². The number of ether oxygens (including phenoxy) is 3. The number of methoxy groups -OCH3 is 2. The molecule has 0 aliphatic carbocycles. The monoisotopic (exact) mass is 750 g/mol. The molecule has 5 atom stereocenters. The SMILES string of the molecule is COc1ccc(C(c2ccccc2)(c2ccc(OC)cc2)C(O)[C@H]2O[C@@](CBr)(n3cc(C)c(=O)[nH]c3=O)C([SiH](C)C)[C@@]2(O)C(C)(C)C)cc1. The van der Waals surface area contributed by atoms with Crippen molar-refractivity contribution in [1.29, 1.82) is 0 Å². The molecule has 2 heterocycles. The number of aliphatic hydroxyl groups is 2. The van der Waals surface area contributed by atoms with Crippen LogP contribution in [0.15, 0.2) is 94.6 Å². The van der Waals surface area contributed by atoms with Gasteiger partial charge in [0.2, 0.25) is 0 Å². The molecule has 11 heteroatoms. The predicted octanol–water partition coefficient (Wildman–Crippen LogP) is 5.34. The second-order valence-corrected chi connectivity index (χ2v) is 18.0. The number of H-pyrrole nitrogens is 1. The number of aliphatic hydroxyl groups excluding tert-OH is 1. The number of aromatic nitrogens is 2. The number of rotatable bonds is 10. The Morgan fingerprint density at radius 2 is 1.41 bits per heavy atom. The van der Waals surface area contributed by atoms with Gasteiger partial charge in [0.1, 0.15) is 29.3 Å². The highest BCUT2D eigenvalue weighted by Gasteiger charge is 2.72. The molecule has 0 amide bonds. The maximum atomic E-state index is 13.7. The number of aryl methyl sites for hydroxylation is 1. The van der Waals surface area contributed by atoms with Gasteiger partial charge in [-0.25, -0.2) is 4.79 Å². The number of benzene rings is 3. The van der Waals surface area contributed by atoms with Gasteiger partial charge >= 0.3 is 5.69 Å². The summed E-state index contributed by atoms with van der Waals surface area (Å²) in [7, 11) is 1.22. The zero-order valence-electron chi connectivity index (χ0n) is 29.4. The van der Waals surface area contributed by atoms with E-state index in [4.69, 9.17) is 14.2 Å². The molecule has 0 saturated carbocycles.